The average molecular weight is 442 g/mol. The Bertz CT molecular complexity index is 658. The van der Waals surface area contributed by atoms with Crippen LogP contribution in [0.25, 0.3) is 0 Å². The molecule has 2 heterocycles. The maximum atomic E-state index is 13.1. The molecule has 8 heteroatoms. The molecule has 1 N–H and O–H groups in total. The van der Waals surface area contributed by atoms with E-state index in [0.29, 0.717) is 10.0 Å². The van der Waals surface area contributed by atoms with Gasteiger partial charge in [-0.05, 0) is 35.2 Å². The van der Waals surface area contributed by atoms with Crippen molar-refractivity contribution in [3.05, 3.63) is 56.2 Å². The summed E-state index contributed by atoms with van der Waals surface area (Å²) in [6.45, 7) is 3.31. The standard InChI is InChI=1S/C16H16BrF3N2S.ClH/c17-13-4-3-11(16(18,19)20)10-12(13)15(14-2-1-9-23-14)22-7-5-21-6-8-22;/h1-4,9-10,15,21H,5-8H2;1H/t15-;/m1./s1. The quantitative estimate of drug-likeness (QED) is 0.725. The van der Waals surface area contributed by atoms with Gasteiger partial charge in [0.2, 0.25) is 0 Å². The van der Waals surface area contributed by atoms with Gasteiger partial charge < -0.3 is 5.32 Å². The van der Waals surface area contributed by atoms with Crippen molar-refractivity contribution in [2.75, 3.05) is 26.2 Å². The van der Waals surface area contributed by atoms with Crippen molar-refractivity contribution in [2.45, 2.75) is 12.2 Å². The highest BCUT2D eigenvalue weighted by atomic mass is 79.9. The van der Waals surface area contributed by atoms with Gasteiger partial charge in [0.15, 0.2) is 0 Å². The van der Waals surface area contributed by atoms with Gasteiger partial charge in [0.25, 0.3) is 0 Å². The van der Waals surface area contributed by atoms with Gasteiger partial charge in [-0.3, -0.25) is 4.90 Å². The molecule has 1 aliphatic heterocycles. The van der Waals surface area contributed by atoms with Gasteiger partial charge in [0, 0.05) is 35.5 Å². The van der Waals surface area contributed by atoms with Crippen LogP contribution in [0.5, 0.6) is 0 Å². The second-order valence-corrected chi connectivity index (χ2v) is 7.27. The molecule has 132 valence electrons. The Hall–Kier alpha value is -0.600. The SMILES string of the molecule is Cl.FC(F)(F)c1ccc(Br)c([C@H](c2cccs2)N2CCNCC2)c1. The largest absolute Gasteiger partial charge is 0.416 e. The van der Waals surface area contributed by atoms with E-state index in [1.54, 1.807) is 11.3 Å². The lowest BCUT2D eigenvalue weighted by molar-refractivity contribution is -0.137. The van der Waals surface area contributed by atoms with Gasteiger partial charge in [-0.2, -0.15) is 13.2 Å². The molecule has 2 nitrogen and oxygen atoms in total. The molecule has 0 amide bonds. The molecule has 24 heavy (non-hydrogen) atoms. The maximum absolute atomic E-state index is 13.1. The fourth-order valence-electron chi connectivity index (χ4n) is 2.85. The van der Waals surface area contributed by atoms with E-state index in [2.05, 4.69) is 26.1 Å². The van der Waals surface area contributed by atoms with E-state index in [1.165, 1.54) is 12.1 Å². The van der Waals surface area contributed by atoms with Crippen LogP contribution in [0, 0.1) is 0 Å². The number of hydrogen-bond acceptors (Lipinski definition) is 3. The number of nitrogens with one attached hydrogen (secondary N) is 1. The molecule has 3 rings (SSSR count). The summed E-state index contributed by atoms with van der Waals surface area (Å²) < 4.78 is 40.0. The van der Waals surface area contributed by atoms with E-state index in [0.717, 1.165) is 37.1 Å². The van der Waals surface area contributed by atoms with Crippen molar-refractivity contribution < 1.29 is 13.2 Å². The summed E-state index contributed by atoms with van der Waals surface area (Å²) in [5, 5.41) is 5.25. The summed E-state index contributed by atoms with van der Waals surface area (Å²) in [7, 11) is 0. The molecule has 0 aliphatic carbocycles. The number of thiophene rings is 1. The third-order valence-electron chi connectivity index (χ3n) is 3.95. The Balaban J connectivity index is 0.00000208. The molecule has 1 aromatic heterocycles. The van der Waals surface area contributed by atoms with E-state index in [4.69, 9.17) is 0 Å². The highest BCUT2D eigenvalue weighted by Crippen LogP contribution is 2.39. The van der Waals surface area contributed by atoms with Crippen LogP contribution in [0.1, 0.15) is 22.0 Å². The molecule has 1 saturated heterocycles. The number of rotatable bonds is 3. The van der Waals surface area contributed by atoms with Gasteiger partial charge in [-0.1, -0.05) is 22.0 Å². The fraction of sp³-hybridized carbons (Fsp3) is 0.375. The molecule has 0 spiro atoms. The van der Waals surface area contributed by atoms with Crippen LogP contribution in [0.3, 0.4) is 0 Å². The van der Waals surface area contributed by atoms with Crippen LogP contribution < -0.4 is 5.32 Å². The molecule has 2 aromatic rings. The minimum absolute atomic E-state index is 0. The predicted molar refractivity (Wildman–Crippen MR) is 97.0 cm³/mol. The molecule has 1 fully saturated rings. The normalized spacial score (nSPS) is 17.3. The van der Waals surface area contributed by atoms with Gasteiger partial charge in [-0.25, -0.2) is 0 Å². The zero-order valence-electron chi connectivity index (χ0n) is 12.6. The third kappa shape index (κ3) is 4.32. The lowest BCUT2D eigenvalue weighted by Crippen LogP contribution is -2.45. The lowest BCUT2D eigenvalue weighted by Gasteiger charge is -2.35. The smallest absolute Gasteiger partial charge is 0.314 e. The Labute approximate surface area is 157 Å². The summed E-state index contributed by atoms with van der Waals surface area (Å²) in [5.74, 6) is 0. The van der Waals surface area contributed by atoms with E-state index in [9.17, 15) is 13.2 Å². The van der Waals surface area contributed by atoms with Crippen LogP contribution in [0.2, 0.25) is 0 Å². The van der Waals surface area contributed by atoms with Crippen molar-refractivity contribution in [2.24, 2.45) is 0 Å². The Kier molecular flexibility index (Phi) is 6.73. The van der Waals surface area contributed by atoms with E-state index >= 15 is 0 Å². The first-order valence-corrected chi connectivity index (χ1v) is 8.99. The fourth-order valence-corrected chi connectivity index (χ4v) is 4.19. The van der Waals surface area contributed by atoms with Gasteiger partial charge in [0.1, 0.15) is 0 Å². The van der Waals surface area contributed by atoms with Gasteiger partial charge >= 0.3 is 6.18 Å². The third-order valence-corrected chi connectivity index (χ3v) is 5.59. The van der Waals surface area contributed by atoms with Crippen LogP contribution >= 0.6 is 39.7 Å². The molecule has 1 aromatic carbocycles. The summed E-state index contributed by atoms with van der Waals surface area (Å²) in [4.78, 5) is 3.30. The predicted octanol–water partition coefficient (Wildman–Crippen LogP) is 4.95. The number of nitrogens with zero attached hydrogens (tertiary/aromatic N) is 1. The lowest BCUT2D eigenvalue weighted by atomic mass is 10.00. The Morgan fingerprint density at radius 1 is 1.17 bits per heavy atom. The van der Waals surface area contributed by atoms with Crippen LogP contribution in [0.15, 0.2) is 40.2 Å². The Morgan fingerprint density at radius 3 is 2.46 bits per heavy atom. The topological polar surface area (TPSA) is 15.3 Å². The Morgan fingerprint density at radius 2 is 1.88 bits per heavy atom. The van der Waals surface area contributed by atoms with E-state index < -0.39 is 11.7 Å². The average Bonchev–Trinajstić information content (AvgIpc) is 3.03. The summed E-state index contributed by atoms with van der Waals surface area (Å²) in [6, 6.07) is 7.67. The van der Waals surface area contributed by atoms with Crippen molar-refractivity contribution in [3.8, 4) is 0 Å². The van der Waals surface area contributed by atoms with Crippen molar-refractivity contribution >= 4 is 39.7 Å². The van der Waals surface area contributed by atoms with Crippen LogP contribution in [0.4, 0.5) is 13.2 Å². The van der Waals surface area contributed by atoms with Crippen LogP contribution in [-0.2, 0) is 6.18 Å². The number of alkyl halides is 3. The molecule has 1 aliphatic rings. The minimum atomic E-state index is -4.33. The zero-order valence-corrected chi connectivity index (χ0v) is 15.9. The molecular weight excluding hydrogens is 425 g/mol. The first-order valence-electron chi connectivity index (χ1n) is 7.31. The summed E-state index contributed by atoms with van der Waals surface area (Å²) in [6.07, 6.45) is -4.33. The summed E-state index contributed by atoms with van der Waals surface area (Å²) >= 11 is 5.02. The second-order valence-electron chi connectivity index (χ2n) is 5.44. The van der Waals surface area contributed by atoms with Gasteiger partial charge in [-0.15, -0.1) is 23.7 Å². The van der Waals surface area contributed by atoms with Crippen molar-refractivity contribution in [1.29, 1.82) is 0 Å². The number of benzene rings is 1. The van der Waals surface area contributed by atoms with Gasteiger partial charge in [0.05, 0.1) is 11.6 Å². The van der Waals surface area contributed by atoms with E-state index in [-0.39, 0.29) is 18.4 Å². The molecule has 0 bridgehead atoms. The number of piperazine rings is 1. The van der Waals surface area contributed by atoms with Crippen LogP contribution in [-0.4, -0.2) is 31.1 Å². The molecule has 0 radical (unpaired) electrons. The number of hydrogen-bond donors (Lipinski definition) is 1. The highest BCUT2D eigenvalue weighted by molar-refractivity contribution is 9.10. The summed E-state index contributed by atoms with van der Waals surface area (Å²) in [5.41, 5.74) is 0.0663. The molecule has 0 saturated carbocycles. The maximum Gasteiger partial charge on any atom is 0.416 e. The molecular formula is C16H17BrClF3N2S. The van der Waals surface area contributed by atoms with Crippen molar-refractivity contribution in [3.63, 3.8) is 0 Å². The first kappa shape index (κ1) is 19.7. The van der Waals surface area contributed by atoms with E-state index in [1.807, 2.05) is 17.5 Å². The monoisotopic (exact) mass is 440 g/mol. The minimum Gasteiger partial charge on any atom is -0.314 e. The second kappa shape index (κ2) is 8.19. The molecule has 1 atom stereocenters. The first-order chi connectivity index (χ1) is 11.0. The number of halogens is 5. The molecule has 0 unspecified atom stereocenters. The highest BCUT2D eigenvalue weighted by Gasteiger charge is 2.33. The zero-order chi connectivity index (χ0) is 16.4. The van der Waals surface area contributed by atoms with Crippen molar-refractivity contribution in [1.82, 2.24) is 10.2 Å².